The molecular formula is C18H20F3N4O2P. The van der Waals surface area contributed by atoms with Crippen LogP contribution in [0.3, 0.4) is 0 Å². The molecule has 28 heavy (non-hydrogen) atoms. The SMILES string of the molecule is CP(C)c1cccc2c(-c3nc(NC(CO)CO)ncc3C(F)(F)F)c[nH]c12. The maximum Gasteiger partial charge on any atom is 0.419 e. The van der Waals surface area contributed by atoms with Gasteiger partial charge in [0.05, 0.1) is 30.5 Å². The summed E-state index contributed by atoms with van der Waals surface area (Å²) in [5, 5.41) is 22.7. The molecule has 0 spiro atoms. The van der Waals surface area contributed by atoms with Crippen molar-refractivity contribution in [3.05, 3.63) is 36.2 Å². The minimum Gasteiger partial charge on any atom is -0.394 e. The minimum atomic E-state index is -4.63. The van der Waals surface area contributed by atoms with E-state index in [-0.39, 0.29) is 11.6 Å². The smallest absolute Gasteiger partial charge is 0.394 e. The zero-order valence-electron chi connectivity index (χ0n) is 15.2. The summed E-state index contributed by atoms with van der Waals surface area (Å²) in [7, 11) is -0.458. The Morgan fingerprint density at radius 1 is 1.21 bits per heavy atom. The van der Waals surface area contributed by atoms with Gasteiger partial charge in [-0.05, 0) is 18.6 Å². The number of aromatic amines is 1. The monoisotopic (exact) mass is 412 g/mol. The predicted octanol–water partition coefficient (Wildman–Crippen LogP) is 2.78. The van der Waals surface area contributed by atoms with Gasteiger partial charge in [-0.3, -0.25) is 0 Å². The van der Waals surface area contributed by atoms with Crippen molar-refractivity contribution in [1.29, 1.82) is 0 Å². The maximum atomic E-state index is 13.6. The number of rotatable bonds is 6. The van der Waals surface area contributed by atoms with Crippen LogP contribution in [0, 0.1) is 0 Å². The molecule has 4 N–H and O–H groups in total. The van der Waals surface area contributed by atoms with Gasteiger partial charge in [0.15, 0.2) is 0 Å². The lowest BCUT2D eigenvalue weighted by molar-refractivity contribution is -0.137. The summed E-state index contributed by atoms with van der Waals surface area (Å²) in [5.74, 6) is -0.102. The van der Waals surface area contributed by atoms with Gasteiger partial charge in [0.2, 0.25) is 5.95 Å². The number of aliphatic hydroxyl groups is 2. The number of benzene rings is 1. The minimum absolute atomic E-state index is 0.102. The van der Waals surface area contributed by atoms with Gasteiger partial charge in [-0.25, -0.2) is 9.97 Å². The van der Waals surface area contributed by atoms with E-state index in [2.05, 4.69) is 33.6 Å². The van der Waals surface area contributed by atoms with Crippen LogP contribution in [0.25, 0.3) is 22.2 Å². The summed E-state index contributed by atoms with van der Waals surface area (Å²) < 4.78 is 40.8. The Morgan fingerprint density at radius 3 is 2.54 bits per heavy atom. The summed E-state index contributed by atoms with van der Waals surface area (Å²) in [5.41, 5.74) is -0.113. The number of aliphatic hydroxyl groups excluding tert-OH is 2. The first kappa shape index (κ1) is 20.5. The van der Waals surface area contributed by atoms with E-state index in [1.165, 1.54) is 6.20 Å². The van der Waals surface area contributed by atoms with E-state index < -0.39 is 38.9 Å². The molecule has 2 aromatic heterocycles. The first-order valence-electron chi connectivity index (χ1n) is 8.46. The van der Waals surface area contributed by atoms with E-state index in [0.717, 1.165) is 10.8 Å². The summed E-state index contributed by atoms with van der Waals surface area (Å²) >= 11 is 0. The molecule has 0 unspecified atom stereocenters. The van der Waals surface area contributed by atoms with E-state index in [9.17, 15) is 23.4 Å². The molecular weight excluding hydrogens is 392 g/mol. The molecule has 0 atom stereocenters. The van der Waals surface area contributed by atoms with E-state index >= 15 is 0 Å². The molecule has 0 radical (unpaired) electrons. The number of H-pyrrole nitrogens is 1. The van der Waals surface area contributed by atoms with Gasteiger partial charge in [-0.15, -0.1) is 0 Å². The molecule has 0 aliphatic carbocycles. The van der Waals surface area contributed by atoms with Gasteiger partial charge in [0, 0.05) is 23.3 Å². The molecule has 1 aromatic carbocycles. The fraction of sp³-hybridized carbons (Fsp3) is 0.333. The standard InChI is InChI=1S/C18H20F3N4O2P/c1-28(2)14-5-3-4-11-12(6-22-16(11)14)15-13(18(19,20)21)7-23-17(25-15)24-10(8-26)9-27/h3-7,10,22,26-27H,8-9H2,1-2H3,(H,23,24,25). The van der Waals surface area contributed by atoms with E-state index in [1.807, 2.05) is 12.1 Å². The van der Waals surface area contributed by atoms with Gasteiger partial charge < -0.3 is 20.5 Å². The summed E-state index contributed by atoms with van der Waals surface area (Å²) in [6.45, 7) is 3.32. The second kappa shape index (κ2) is 8.03. The quantitative estimate of drug-likeness (QED) is 0.467. The number of hydrogen-bond acceptors (Lipinski definition) is 5. The van der Waals surface area contributed by atoms with Crippen molar-refractivity contribution in [2.24, 2.45) is 0 Å². The third-order valence-corrected chi connectivity index (χ3v) is 5.63. The number of hydrogen-bond donors (Lipinski definition) is 4. The Hall–Kier alpha value is -2.22. The van der Waals surface area contributed by atoms with E-state index in [4.69, 9.17) is 0 Å². The highest BCUT2D eigenvalue weighted by Crippen LogP contribution is 2.39. The van der Waals surface area contributed by atoms with Crippen molar-refractivity contribution in [1.82, 2.24) is 15.0 Å². The molecule has 150 valence electrons. The number of aromatic nitrogens is 3. The molecule has 10 heteroatoms. The molecule has 0 saturated carbocycles. The fourth-order valence-electron chi connectivity index (χ4n) is 2.90. The molecule has 3 aromatic rings. The zero-order valence-corrected chi connectivity index (χ0v) is 16.1. The van der Waals surface area contributed by atoms with Crippen molar-refractivity contribution in [2.45, 2.75) is 12.2 Å². The highest BCUT2D eigenvalue weighted by atomic mass is 31.1. The van der Waals surface area contributed by atoms with Crippen LogP contribution in [0.5, 0.6) is 0 Å². The average Bonchev–Trinajstić information content (AvgIpc) is 3.09. The second-order valence-corrected chi connectivity index (χ2v) is 8.73. The van der Waals surface area contributed by atoms with Crippen LogP contribution in [0.4, 0.5) is 19.1 Å². The predicted molar refractivity (Wildman–Crippen MR) is 104 cm³/mol. The first-order chi connectivity index (χ1) is 13.3. The van der Waals surface area contributed by atoms with Crippen LogP contribution in [-0.2, 0) is 6.18 Å². The van der Waals surface area contributed by atoms with Crippen molar-refractivity contribution in [2.75, 3.05) is 31.9 Å². The van der Waals surface area contributed by atoms with E-state index in [0.29, 0.717) is 17.1 Å². The molecule has 3 rings (SSSR count). The molecule has 6 nitrogen and oxygen atoms in total. The first-order valence-corrected chi connectivity index (χ1v) is 10.7. The zero-order chi connectivity index (χ0) is 20.5. The number of anilines is 1. The van der Waals surface area contributed by atoms with Gasteiger partial charge in [-0.1, -0.05) is 26.1 Å². The topological polar surface area (TPSA) is 94.1 Å². The number of fused-ring (bicyclic) bond motifs is 1. The molecule has 0 bridgehead atoms. The van der Waals surface area contributed by atoms with Gasteiger partial charge in [0.25, 0.3) is 0 Å². The number of para-hydroxylation sites is 1. The highest BCUT2D eigenvalue weighted by Gasteiger charge is 2.36. The third kappa shape index (κ3) is 3.97. The molecule has 0 aliphatic rings. The largest absolute Gasteiger partial charge is 0.419 e. The molecule has 0 amide bonds. The average molecular weight is 412 g/mol. The van der Waals surface area contributed by atoms with Crippen LogP contribution < -0.4 is 10.6 Å². The Bertz CT molecular complexity index is 971. The van der Waals surface area contributed by atoms with Crippen LogP contribution in [0.15, 0.2) is 30.6 Å². The van der Waals surface area contributed by atoms with Crippen LogP contribution in [-0.4, -0.2) is 57.8 Å². The molecule has 0 fully saturated rings. The molecule has 0 saturated heterocycles. The Morgan fingerprint density at radius 2 is 1.93 bits per heavy atom. The summed E-state index contributed by atoms with van der Waals surface area (Å²) in [6, 6.07) is 4.75. The summed E-state index contributed by atoms with van der Waals surface area (Å²) in [4.78, 5) is 10.9. The highest BCUT2D eigenvalue weighted by molar-refractivity contribution is 7.64. The Balaban J connectivity index is 2.19. The Kier molecular flexibility index (Phi) is 5.88. The normalized spacial score (nSPS) is 12.3. The lowest BCUT2D eigenvalue weighted by Gasteiger charge is -2.16. The molecule has 0 aliphatic heterocycles. The maximum absolute atomic E-state index is 13.6. The number of halogens is 3. The van der Waals surface area contributed by atoms with Gasteiger partial charge in [0.1, 0.15) is 5.56 Å². The van der Waals surface area contributed by atoms with Crippen molar-refractivity contribution < 1.29 is 23.4 Å². The number of nitrogens with one attached hydrogen (secondary N) is 2. The van der Waals surface area contributed by atoms with Crippen LogP contribution in [0.2, 0.25) is 0 Å². The summed E-state index contributed by atoms with van der Waals surface area (Å²) in [6.07, 6.45) is -2.40. The van der Waals surface area contributed by atoms with Gasteiger partial charge in [-0.2, -0.15) is 13.2 Å². The second-order valence-electron chi connectivity index (χ2n) is 6.46. The van der Waals surface area contributed by atoms with Crippen molar-refractivity contribution >= 4 is 30.1 Å². The number of alkyl halides is 3. The van der Waals surface area contributed by atoms with Crippen LogP contribution >= 0.6 is 7.92 Å². The lowest BCUT2D eigenvalue weighted by Crippen LogP contribution is -2.29. The Labute approximate surface area is 160 Å². The fourth-order valence-corrected chi connectivity index (χ4v) is 3.92. The van der Waals surface area contributed by atoms with E-state index in [1.54, 1.807) is 6.07 Å². The van der Waals surface area contributed by atoms with Crippen molar-refractivity contribution in [3.63, 3.8) is 0 Å². The molecule has 2 heterocycles. The van der Waals surface area contributed by atoms with Crippen LogP contribution in [0.1, 0.15) is 5.56 Å². The van der Waals surface area contributed by atoms with Gasteiger partial charge >= 0.3 is 6.18 Å². The van der Waals surface area contributed by atoms with Crippen molar-refractivity contribution in [3.8, 4) is 11.3 Å². The number of nitrogens with zero attached hydrogens (tertiary/aromatic N) is 2. The lowest BCUT2D eigenvalue weighted by atomic mass is 10.1. The third-order valence-electron chi connectivity index (χ3n) is 4.30.